The van der Waals surface area contributed by atoms with Crippen LogP contribution in [0.5, 0.6) is 34.5 Å². The van der Waals surface area contributed by atoms with Crippen LogP contribution in [-0.4, -0.2) is 87.8 Å². The van der Waals surface area contributed by atoms with E-state index in [0.717, 1.165) is 24.3 Å². The van der Waals surface area contributed by atoms with Gasteiger partial charge in [-0.3, -0.25) is 9.59 Å². The van der Waals surface area contributed by atoms with Crippen molar-refractivity contribution in [1.82, 2.24) is 0 Å². The fourth-order valence-corrected chi connectivity index (χ4v) is 9.74. The number of esters is 2. The highest BCUT2D eigenvalue weighted by Gasteiger charge is 2.60. The van der Waals surface area contributed by atoms with E-state index in [-0.39, 0.29) is 101 Å². The van der Waals surface area contributed by atoms with E-state index in [2.05, 4.69) is 9.47 Å². The first-order valence-corrected chi connectivity index (χ1v) is 24.4. The molecule has 0 aliphatic carbocycles. The highest BCUT2D eigenvalue weighted by molar-refractivity contribution is 6.34. The van der Waals surface area contributed by atoms with Gasteiger partial charge in [-0.25, -0.2) is 9.59 Å². The summed E-state index contributed by atoms with van der Waals surface area (Å²) in [7, 11) is 5.25. The summed E-state index contributed by atoms with van der Waals surface area (Å²) in [4.78, 5) is 49.8. The molecule has 412 valence electrons. The molecule has 8 rings (SSSR count). The van der Waals surface area contributed by atoms with E-state index in [1.54, 1.807) is 0 Å². The van der Waals surface area contributed by atoms with Crippen molar-refractivity contribution < 1.29 is 84.2 Å². The quantitative estimate of drug-likeness (QED) is 0.0879. The molecule has 0 unspecified atom stereocenters. The van der Waals surface area contributed by atoms with Gasteiger partial charge in [0.05, 0.1) is 46.8 Å². The minimum Gasteiger partial charge on any atom is -0.482 e. The van der Waals surface area contributed by atoms with Gasteiger partial charge in [0.1, 0.15) is 34.5 Å². The molecule has 2 aliphatic rings. The molecule has 6 aromatic carbocycles. The lowest BCUT2D eigenvalue weighted by Gasteiger charge is -2.38. The molecular formula is C54H44Cl4F6N2O12. The molecule has 2 N–H and O–H groups in total. The van der Waals surface area contributed by atoms with E-state index in [1.807, 2.05) is 0 Å². The number of aliphatic hydroxyl groups is 2. The number of anilines is 2. The van der Waals surface area contributed by atoms with Crippen LogP contribution in [-0.2, 0) is 30.3 Å². The Morgan fingerprint density at radius 1 is 0.526 bits per heavy atom. The zero-order chi connectivity index (χ0) is 57.4. The van der Waals surface area contributed by atoms with Gasteiger partial charge in [0.15, 0.2) is 24.4 Å². The summed E-state index contributed by atoms with van der Waals surface area (Å²) in [6.07, 6.45) is -10.2. The van der Waals surface area contributed by atoms with Crippen molar-refractivity contribution in [3.05, 3.63) is 163 Å². The molecule has 78 heavy (non-hydrogen) atoms. The Kier molecular flexibility index (Phi) is 17.2. The average Bonchev–Trinajstić information content (AvgIpc) is 3.41. The number of hydrogen-bond acceptors (Lipinski definition) is 12. The minimum atomic E-state index is -5.12. The van der Waals surface area contributed by atoms with Crippen LogP contribution in [0, 0.1) is 0 Å². The van der Waals surface area contributed by atoms with Crippen molar-refractivity contribution in [2.45, 2.75) is 49.2 Å². The summed E-state index contributed by atoms with van der Waals surface area (Å²) in [6, 6.07) is 23.5. The summed E-state index contributed by atoms with van der Waals surface area (Å²) in [5.74, 6) is -4.01. The van der Waals surface area contributed by atoms with E-state index in [0.29, 0.717) is 0 Å². The topological polar surface area (TPSA) is 171 Å². The Hall–Kier alpha value is -6.94. The standard InChI is InChI=1S/2C27H22Cl2F3NO6/c2*1-14(26(36,27(30,31)32)15-4-9-23-22(10-15)33(2)24(34)13-38-23)18-7-5-16(11-20(18)28)39-17-6-8-19(21(29)12-17)25(35)37-3/h2*4-12,14,36H,13H2,1-3H3/t2*14-,26-/m10/s1. The van der Waals surface area contributed by atoms with Gasteiger partial charge in [-0.2, -0.15) is 26.3 Å². The van der Waals surface area contributed by atoms with E-state index in [1.165, 1.54) is 137 Å². The Morgan fingerprint density at radius 3 is 1.14 bits per heavy atom. The number of hydrogen-bond donors (Lipinski definition) is 2. The number of carbonyl (C=O) groups is 4. The van der Waals surface area contributed by atoms with Gasteiger partial charge in [0, 0.05) is 48.1 Å². The SMILES string of the molecule is COC(=O)c1ccc(Oc2ccc([C@@H](C)[C@@](O)(c3ccc4c(c3)N(C)C(=O)CO4)C(F)(F)F)c(Cl)c2)cc1Cl.COC(=O)c1ccc(Oc2ccc([C@H](C)[C@](O)(c3ccc4c(c3)N(C)C(=O)CO4)C(F)(F)F)c(Cl)c2)cc1Cl. The van der Waals surface area contributed by atoms with Crippen LogP contribution in [0.4, 0.5) is 37.7 Å². The van der Waals surface area contributed by atoms with Gasteiger partial charge in [-0.15, -0.1) is 0 Å². The number of nitrogens with zero attached hydrogens (tertiary/aromatic N) is 2. The molecule has 2 heterocycles. The lowest BCUT2D eigenvalue weighted by atomic mass is 9.77. The number of carbonyl (C=O) groups excluding carboxylic acids is 4. The van der Waals surface area contributed by atoms with Gasteiger partial charge in [0.2, 0.25) is 0 Å². The summed E-state index contributed by atoms with van der Waals surface area (Å²) < 4.78 is 118. The first kappa shape index (κ1) is 58.7. The smallest absolute Gasteiger partial charge is 0.422 e. The van der Waals surface area contributed by atoms with E-state index < -0.39 is 70.3 Å². The largest absolute Gasteiger partial charge is 0.482 e. The normalized spacial score (nSPS) is 15.6. The van der Waals surface area contributed by atoms with Crippen LogP contribution in [0.15, 0.2) is 109 Å². The summed E-state index contributed by atoms with van der Waals surface area (Å²) in [5, 5.41) is 22.4. The predicted octanol–water partition coefficient (Wildman–Crippen LogP) is 13.0. The Morgan fingerprint density at radius 2 is 0.846 bits per heavy atom. The van der Waals surface area contributed by atoms with Crippen molar-refractivity contribution in [2.75, 3.05) is 51.3 Å². The average molecular weight is 1170 g/mol. The molecule has 0 saturated carbocycles. The second kappa shape index (κ2) is 22.8. The first-order valence-electron chi connectivity index (χ1n) is 22.9. The van der Waals surface area contributed by atoms with Crippen LogP contribution < -0.4 is 28.7 Å². The third kappa shape index (κ3) is 11.5. The van der Waals surface area contributed by atoms with Crippen molar-refractivity contribution in [2.24, 2.45) is 0 Å². The number of methoxy groups -OCH3 is 2. The Bertz CT molecular complexity index is 3110. The molecule has 0 spiro atoms. The maximum atomic E-state index is 14.5. The number of fused-ring (bicyclic) bond motifs is 2. The molecule has 0 saturated heterocycles. The van der Waals surface area contributed by atoms with Crippen molar-refractivity contribution >= 4 is 81.5 Å². The highest BCUT2D eigenvalue weighted by atomic mass is 35.5. The maximum Gasteiger partial charge on any atom is 0.422 e. The second-order valence-electron chi connectivity index (χ2n) is 17.7. The lowest BCUT2D eigenvalue weighted by molar-refractivity contribution is -0.274. The molecule has 14 nitrogen and oxygen atoms in total. The van der Waals surface area contributed by atoms with Gasteiger partial charge >= 0.3 is 24.3 Å². The molecule has 24 heteroatoms. The fourth-order valence-electron chi connectivity index (χ4n) is 8.57. The van der Waals surface area contributed by atoms with Crippen molar-refractivity contribution in [3.8, 4) is 34.5 Å². The molecule has 4 atom stereocenters. The van der Waals surface area contributed by atoms with E-state index in [9.17, 15) is 55.7 Å². The van der Waals surface area contributed by atoms with Gasteiger partial charge < -0.3 is 48.4 Å². The predicted molar refractivity (Wildman–Crippen MR) is 276 cm³/mol. The van der Waals surface area contributed by atoms with Crippen LogP contribution in [0.1, 0.15) is 68.7 Å². The number of ether oxygens (including phenoxy) is 6. The van der Waals surface area contributed by atoms with Gasteiger partial charge in [0.25, 0.3) is 11.8 Å². The maximum absolute atomic E-state index is 14.5. The minimum absolute atomic E-state index is 0.00122. The monoisotopic (exact) mass is 1170 g/mol. The number of alkyl halides is 6. The zero-order valence-electron chi connectivity index (χ0n) is 41.6. The molecule has 6 aromatic rings. The number of amides is 2. The van der Waals surface area contributed by atoms with E-state index >= 15 is 0 Å². The Labute approximate surface area is 461 Å². The van der Waals surface area contributed by atoms with Gasteiger partial charge in [-0.05, 0) is 95.1 Å². The van der Waals surface area contributed by atoms with Crippen molar-refractivity contribution in [1.29, 1.82) is 0 Å². The van der Waals surface area contributed by atoms with Crippen molar-refractivity contribution in [3.63, 3.8) is 0 Å². The second-order valence-corrected chi connectivity index (χ2v) is 19.3. The summed E-state index contributed by atoms with van der Waals surface area (Å²) >= 11 is 25.0. The summed E-state index contributed by atoms with van der Waals surface area (Å²) in [5.41, 5.74) is -7.24. The summed E-state index contributed by atoms with van der Waals surface area (Å²) in [6.45, 7) is 1.92. The molecule has 0 radical (unpaired) electrons. The molecular weight excluding hydrogens is 1120 g/mol. The first-order chi connectivity index (χ1) is 36.5. The molecule has 0 bridgehead atoms. The van der Waals surface area contributed by atoms with Crippen LogP contribution >= 0.6 is 46.4 Å². The molecule has 2 amide bonds. The highest BCUT2D eigenvalue weighted by Crippen LogP contribution is 2.53. The third-order valence-corrected chi connectivity index (χ3v) is 14.4. The number of benzene rings is 6. The lowest BCUT2D eigenvalue weighted by Crippen LogP contribution is -2.47. The number of rotatable bonds is 12. The molecule has 0 fully saturated rings. The third-order valence-electron chi connectivity index (χ3n) is 13.1. The van der Waals surface area contributed by atoms with Crippen LogP contribution in [0.2, 0.25) is 20.1 Å². The van der Waals surface area contributed by atoms with E-state index in [4.69, 9.17) is 65.4 Å². The fraction of sp³-hybridized carbons (Fsp3) is 0.259. The van der Waals surface area contributed by atoms with Crippen LogP contribution in [0.25, 0.3) is 0 Å². The Balaban J connectivity index is 0.000000226. The molecule has 0 aromatic heterocycles. The number of halogens is 10. The number of likely N-dealkylation sites (N-methyl/N-ethyl adjacent to an activating group) is 2. The van der Waals surface area contributed by atoms with Gasteiger partial charge in [-0.1, -0.05) is 84.5 Å². The molecule has 2 aliphatic heterocycles. The zero-order valence-corrected chi connectivity index (χ0v) is 44.6. The van der Waals surface area contributed by atoms with Crippen LogP contribution in [0.3, 0.4) is 0 Å².